The van der Waals surface area contributed by atoms with Crippen LogP contribution in [0, 0.1) is 17.8 Å². The Balaban J connectivity index is 1.35. The minimum absolute atomic E-state index is 0.0626. The number of hydrogen-bond donors (Lipinski definition) is 2. The molecule has 3 aromatic rings. The number of imidazole rings is 1. The molecule has 12 nitrogen and oxygen atoms in total. The lowest BCUT2D eigenvalue weighted by Gasteiger charge is -2.36. The zero-order chi connectivity index (χ0) is 32.8. The van der Waals surface area contributed by atoms with Crippen LogP contribution in [0.2, 0.25) is 0 Å². The van der Waals surface area contributed by atoms with Crippen molar-refractivity contribution in [3.63, 3.8) is 0 Å². The van der Waals surface area contributed by atoms with Crippen molar-refractivity contribution in [2.45, 2.75) is 76.2 Å². The Morgan fingerprint density at radius 3 is 2.63 bits per heavy atom. The predicted octanol–water partition coefficient (Wildman–Crippen LogP) is 3.33. The number of rotatable bonds is 9. The number of aryl methyl sites for hydroxylation is 1. The van der Waals surface area contributed by atoms with Gasteiger partial charge in [0.05, 0.1) is 43.1 Å². The quantitative estimate of drug-likeness (QED) is 0.337. The van der Waals surface area contributed by atoms with Gasteiger partial charge in [0.2, 0.25) is 11.8 Å². The average Bonchev–Trinajstić information content (AvgIpc) is 3.62. The zero-order valence-electron chi connectivity index (χ0n) is 25.4. The summed E-state index contributed by atoms with van der Waals surface area (Å²) >= 11 is 0. The van der Waals surface area contributed by atoms with Crippen LogP contribution in [0.1, 0.15) is 66.9 Å². The van der Waals surface area contributed by atoms with Gasteiger partial charge in [0.25, 0.3) is 11.7 Å². The molecule has 6 rings (SSSR count). The summed E-state index contributed by atoms with van der Waals surface area (Å²) < 4.78 is 77.2. The Bertz CT molecular complexity index is 1580. The van der Waals surface area contributed by atoms with Crippen molar-refractivity contribution in [2.24, 2.45) is 17.8 Å². The maximum absolute atomic E-state index is 14.1. The lowest BCUT2D eigenvalue weighted by atomic mass is 9.81. The van der Waals surface area contributed by atoms with Gasteiger partial charge in [-0.3, -0.25) is 14.3 Å². The van der Waals surface area contributed by atoms with Crippen LogP contribution in [0.25, 0.3) is 5.78 Å². The standard InChI is InChI=1S/C29H36F5N9O3/c1-3-42-22(6-9-36-42)26(45)38-23(16-4-7-28(30,31)8-5-16)21-13-43-27(37-21)39-24(41(2)19-14-46-15-19)20(40-43)11-17-10-18(29(32,33)34)12-35-25(17)44/h6,9,13,16-19,23H,3-5,7-8,10-12,14-15H2,1-2H3,(H,35,44)(H,38,45)/t17-,18-,23+/m1/s1. The predicted molar refractivity (Wildman–Crippen MR) is 153 cm³/mol. The van der Waals surface area contributed by atoms with Crippen molar-refractivity contribution >= 4 is 23.4 Å². The third-order valence-corrected chi connectivity index (χ3v) is 9.34. The van der Waals surface area contributed by atoms with Gasteiger partial charge in [-0.25, -0.2) is 18.3 Å². The van der Waals surface area contributed by atoms with Crippen LogP contribution in [0.4, 0.5) is 27.8 Å². The SMILES string of the molecule is CCn1nccc1C(=O)N[C@H](c1cn2nc(C[C@H]3C[C@@H](C(F)(F)F)CNC3=O)c(N(C)C3COC3)nc2n1)C1CCC(F)(F)CC1. The van der Waals surface area contributed by atoms with Crippen molar-refractivity contribution in [3.8, 4) is 0 Å². The summed E-state index contributed by atoms with van der Waals surface area (Å²) in [4.78, 5) is 37.3. The fourth-order valence-corrected chi connectivity index (χ4v) is 6.43. The first kappa shape index (κ1) is 32.1. The molecular formula is C29H36F5N9O3. The van der Waals surface area contributed by atoms with Gasteiger partial charge >= 0.3 is 6.18 Å². The van der Waals surface area contributed by atoms with Crippen LogP contribution < -0.4 is 15.5 Å². The number of carbonyl (C=O) groups is 2. The molecule has 1 aliphatic carbocycles. The number of likely N-dealkylation sites (N-methyl/N-ethyl adjacent to an activating group) is 1. The number of hydrogen-bond acceptors (Lipinski definition) is 8. The molecule has 3 aromatic heterocycles. The monoisotopic (exact) mass is 653 g/mol. The Morgan fingerprint density at radius 2 is 1.98 bits per heavy atom. The summed E-state index contributed by atoms with van der Waals surface area (Å²) in [7, 11) is 1.77. The summed E-state index contributed by atoms with van der Waals surface area (Å²) in [5.41, 5.74) is 0.973. The third kappa shape index (κ3) is 6.51. The first-order valence-electron chi connectivity index (χ1n) is 15.4. The van der Waals surface area contributed by atoms with Gasteiger partial charge in [-0.05, 0) is 38.2 Å². The van der Waals surface area contributed by atoms with E-state index < -0.39 is 48.3 Å². The number of fused-ring (bicyclic) bond motifs is 1. The lowest BCUT2D eigenvalue weighted by Crippen LogP contribution is -2.49. The summed E-state index contributed by atoms with van der Waals surface area (Å²) in [6.07, 6.45) is -2.23. The fourth-order valence-electron chi connectivity index (χ4n) is 6.43. The molecule has 5 heterocycles. The molecule has 46 heavy (non-hydrogen) atoms. The first-order chi connectivity index (χ1) is 21.8. The molecule has 0 unspecified atom stereocenters. The molecule has 3 fully saturated rings. The van der Waals surface area contributed by atoms with Gasteiger partial charge in [-0.15, -0.1) is 0 Å². The van der Waals surface area contributed by atoms with Gasteiger partial charge in [-0.2, -0.15) is 28.4 Å². The van der Waals surface area contributed by atoms with Crippen molar-refractivity contribution in [1.29, 1.82) is 0 Å². The number of anilines is 1. The van der Waals surface area contributed by atoms with Gasteiger partial charge < -0.3 is 20.3 Å². The summed E-state index contributed by atoms with van der Waals surface area (Å²) in [6, 6.07) is 0.752. The Kier molecular flexibility index (Phi) is 8.63. The molecule has 2 saturated heterocycles. The smallest absolute Gasteiger partial charge is 0.377 e. The molecule has 2 aliphatic heterocycles. The second-order valence-corrected chi connectivity index (χ2v) is 12.4. The van der Waals surface area contributed by atoms with E-state index in [4.69, 9.17) is 9.72 Å². The highest BCUT2D eigenvalue weighted by Crippen LogP contribution is 2.41. The largest absolute Gasteiger partial charge is 0.393 e. The molecule has 3 atom stereocenters. The molecule has 250 valence electrons. The molecule has 0 aromatic carbocycles. The topological polar surface area (TPSA) is 132 Å². The highest BCUT2D eigenvalue weighted by molar-refractivity contribution is 5.92. The minimum atomic E-state index is -4.46. The second kappa shape index (κ2) is 12.4. The average molecular weight is 654 g/mol. The Morgan fingerprint density at radius 1 is 1.24 bits per heavy atom. The van der Waals surface area contributed by atoms with Crippen LogP contribution in [0.15, 0.2) is 18.5 Å². The molecule has 1 saturated carbocycles. The number of nitrogens with zero attached hydrogens (tertiary/aromatic N) is 7. The molecule has 0 bridgehead atoms. The second-order valence-electron chi connectivity index (χ2n) is 12.4. The molecular weight excluding hydrogens is 617 g/mol. The number of carbonyl (C=O) groups excluding carboxylic acids is 2. The van der Waals surface area contributed by atoms with Gasteiger partial charge in [-0.1, -0.05) is 0 Å². The van der Waals surface area contributed by atoms with Crippen molar-refractivity contribution in [2.75, 3.05) is 31.7 Å². The van der Waals surface area contributed by atoms with E-state index in [1.165, 1.54) is 15.4 Å². The number of aromatic nitrogens is 6. The van der Waals surface area contributed by atoms with Crippen LogP contribution in [0.3, 0.4) is 0 Å². The van der Waals surface area contributed by atoms with Crippen LogP contribution >= 0.6 is 0 Å². The molecule has 3 aliphatic rings. The third-order valence-electron chi connectivity index (χ3n) is 9.34. The molecule has 0 spiro atoms. The normalized spacial score (nSPS) is 23.2. The number of amides is 2. The van der Waals surface area contributed by atoms with E-state index >= 15 is 0 Å². The van der Waals surface area contributed by atoms with E-state index in [1.807, 2.05) is 11.8 Å². The van der Waals surface area contributed by atoms with Gasteiger partial charge in [0.15, 0.2) is 5.82 Å². The summed E-state index contributed by atoms with van der Waals surface area (Å²) in [5, 5.41) is 14.2. The Labute approximate surface area is 261 Å². The van der Waals surface area contributed by atoms with Crippen molar-refractivity contribution < 1.29 is 36.3 Å². The molecule has 0 radical (unpaired) electrons. The fraction of sp³-hybridized carbons (Fsp3) is 0.655. The van der Waals surface area contributed by atoms with E-state index in [-0.39, 0.29) is 56.3 Å². The van der Waals surface area contributed by atoms with Crippen molar-refractivity contribution in [3.05, 3.63) is 35.5 Å². The van der Waals surface area contributed by atoms with Crippen LogP contribution in [-0.2, 0) is 22.5 Å². The Hall–Kier alpha value is -3.89. The number of alkyl halides is 5. The maximum atomic E-state index is 14.1. The van der Waals surface area contributed by atoms with E-state index in [1.54, 1.807) is 19.3 Å². The van der Waals surface area contributed by atoms with E-state index in [0.717, 1.165) is 0 Å². The van der Waals surface area contributed by atoms with E-state index in [0.29, 0.717) is 42.7 Å². The molecule has 2 N–H and O–H groups in total. The van der Waals surface area contributed by atoms with Gasteiger partial charge in [0, 0.05) is 51.5 Å². The summed E-state index contributed by atoms with van der Waals surface area (Å²) in [5.74, 6) is -6.23. The number of nitrogens with one attached hydrogen (secondary N) is 2. The number of piperidine rings is 1. The van der Waals surface area contributed by atoms with Gasteiger partial charge in [0.1, 0.15) is 11.4 Å². The zero-order valence-corrected chi connectivity index (χ0v) is 25.4. The van der Waals surface area contributed by atoms with E-state index in [9.17, 15) is 31.5 Å². The molecule has 2 amide bonds. The summed E-state index contributed by atoms with van der Waals surface area (Å²) in [6.45, 7) is 2.65. The molecule has 17 heteroatoms. The number of halogens is 5. The highest BCUT2D eigenvalue weighted by atomic mass is 19.4. The lowest BCUT2D eigenvalue weighted by molar-refractivity contribution is -0.183. The minimum Gasteiger partial charge on any atom is -0.377 e. The van der Waals surface area contributed by atoms with Crippen LogP contribution in [0.5, 0.6) is 0 Å². The van der Waals surface area contributed by atoms with E-state index in [2.05, 4.69) is 25.8 Å². The number of ether oxygens (including phenoxy) is 1. The maximum Gasteiger partial charge on any atom is 0.393 e. The highest BCUT2D eigenvalue weighted by Gasteiger charge is 2.45. The first-order valence-corrected chi connectivity index (χ1v) is 15.4. The van der Waals surface area contributed by atoms with Crippen LogP contribution in [-0.4, -0.2) is 86.1 Å². The van der Waals surface area contributed by atoms with Crippen molar-refractivity contribution in [1.82, 2.24) is 40.0 Å².